The Kier molecular flexibility index (Phi) is 4.17. The normalized spacial score (nSPS) is 12.4. The third kappa shape index (κ3) is 2.93. The third-order valence-electron chi connectivity index (χ3n) is 3.54. The molecule has 0 saturated heterocycles. The van der Waals surface area contributed by atoms with Gasteiger partial charge in [0.05, 0.1) is 19.1 Å². The molecule has 0 saturated carbocycles. The second-order valence-electron chi connectivity index (χ2n) is 4.85. The molecule has 1 N–H and O–H groups in total. The molecule has 0 aliphatic rings. The Morgan fingerprint density at radius 2 is 1.89 bits per heavy atom. The van der Waals surface area contributed by atoms with Crippen molar-refractivity contribution < 1.29 is 9.90 Å². The SMILES string of the molecule is CC(CO)N(C)C(=O)Cc1cccc2ccccc12. The van der Waals surface area contributed by atoms with Crippen LogP contribution in [0.5, 0.6) is 0 Å². The first-order chi connectivity index (χ1) is 9.13. The maximum absolute atomic E-state index is 12.2. The van der Waals surface area contributed by atoms with Crippen LogP contribution in [0.15, 0.2) is 42.5 Å². The average molecular weight is 257 g/mol. The van der Waals surface area contributed by atoms with Crippen molar-refractivity contribution in [3.8, 4) is 0 Å². The number of nitrogens with zero attached hydrogens (tertiary/aromatic N) is 1. The van der Waals surface area contributed by atoms with E-state index in [0.29, 0.717) is 6.42 Å². The molecule has 0 aliphatic heterocycles. The van der Waals surface area contributed by atoms with E-state index in [1.165, 1.54) is 0 Å². The highest BCUT2D eigenvalue weighted by molar-refractivity contribution is 5.90. The second-order valence-corrected chi connectivity index (χ2v) is 4.85. The Morgan fingerprint density at radius 1 is 1.21 bits per heavy atom. The predicted molar refractivity (Wildman–Crippen MR) is 77.0 cm³/mol. The fraction of sp³-hybridized carbons (Fsp3) is 0.312. The van der Waals surface area contributed by atoms with Gasteiger partial charge in [-0.2, -0.15) is 0 Å². The highest BCUT2D eigenvalue weighted by Gasteiger charge is 2.16. The Hall–Kier alpha value is -1.87. The number of hydrogen-bond donors (Lipinski definition) is 1. The Morgan fingerprint density at radius 3 is 2.63 bits per heavy atom. The van der Waals surface area contributed by atoms with Crippen molar-refractivity contribution in [3.63, 3.8) is 0 Å². The molecule has 1 unspecified atom stereocenters. The average Bonchev–Trinajstić information content (AvgIpc) is 2.46. The molecule has 0 heterocycles. The molecule has 19 heavy (non-hydrogen) atoms. The molecular weight excluding hydrogens is 238 g/mol. The second kappa shape index (κ2) is 5.85. The van der Waals surface area contributed by atoms with E-state index in [1.54, 1.807) is 11.9 Å². The van der Waals surface area contributed by atoms with Gasteiger partial charge in [0.25, 0.3) is 0 Å². The maximum atomic E-state index is 12.2. The molecule has 0 fully saturated rings. The van der Waals surface area contributed by atoms with E-state index in [4.69, 9.17) is 5.11 Å². The van der Waals surface area contributed by atoms with Gasteiger partial charge in [-0.15, -0.1) is 0 Å². The van der Waals surface area contributed by atoms with Gasteiger partial charge in [0, 0.05) is 7.05 Å². The summed E-state index contributed by atoms with van der Waals surface area (Å²) in [6.07, 6.45) is 0.363. The van der Waals surface area contributed by atoms with Crippen LogP contribution in [-0.4, -0.2) is 35.6 Å². The van der Waals surface area contributed by atoms with Crippen LogP contribution in [0.3, 0.4) is 0 Å². The van der Waals surface area contributed by atoms with Gasteiger partial charge < -0.3 is 10.0 Å². The lowest BCUT2D eigenvalue weighted by atomic mass is 10.0. The monoisotopic (exact) mass is 257 g/mol. The van der Waals surface area contributed by atoms with Gasteiger partial charge in [-0.3, -0.25) is 4.79 Å². The van der Waals surface area contributed by atoms with Crippen molar-refractivity contribution in [2.24, 2.45) is 0 Å². The first-order valence-electron chi connectivity index (χ1n) is 6.46. The first kappa shape index (κ1) is 13.6. The van der Waals surface area contributed by atoms with Crippen molar-refractivity contribution in [1.82, 2.24) is 4.90 Å². The number of rotatable bonds is 4. The largest absolute Gasteiger partial charge is 0.394 e. The summed E-state index contributed by atoms with van der Waals surface area (Å²) >= 11 is 0. The van der Waals surface area contributed by atoms with Gasteiger partial charge in [0.15, 0.2) is 0 Å². The van der Waals surface area contributed by atoms with E-state index >= 15 is 0 Å². The molecule has 3 heteroatoms. The summed E-state index contributed by atoms with van der Waals surface area (Å²) in [5.41, 5.74) is 1.03. The number of fused-ring (bicyclic) bond motifs is 1. The van der Waals surface area contributed by atoms with Crippen LogP contribution in [0.1, 0.15) is 12.5 Å². The quantitative estimate of drug-likeness (QED) is 0.912. The van der Waals surface area contributed by atoms with Crippen LogP contribution in [0.4, 0.5) is 0 Å². The lowest BCUT2D eigenvalue weighted by molar-refractivity contribution is -0.131. The number of aliphatic hydroxyl groups excluding tert-OH is 1. The summed E-state index contributed by atoms with van der Waals surface area (Å²) in [5, 5.41) is 11.4. The van der Waals surface area contributed by atoms with Gasteiger partial charge in [-0.1, -0.05) is 42.5 Å². The van der Waals surface area contributed by atoms with Crippen molar-refractivity contribution in [2.75, 3.05) is 13.7 Å². The zero-order chi connectivity index (χ0) is 13.8. The molecular formula is C16H19NO2. The zero-order valence-electron chi connectivity index (χ0n) is 11.3. The lowest BCUT2D eigenvalue weighted by Gasteiger charge is -2.23. The third-order valence-corrected chi connectivity index (χ3v) is 3.54. The molecule has 0 aliphatic carbocycles. The molecule has 2 rings (SSSR count). The topological polar surface area (TPSA) is 40.5 Å². The zero-order valence-corrected chi connectivity index (χ0v) is 11.3. The van der Waals surface area contributed by atoms with Crippen LogP contribution < -0.4 is 0 Å². The number of likely N-dealkylation sites (N-methyl/N-ethyl adjacent to an activating group) is 1. The van der Waals surface area contributed by atoms with Crippen molar-refractivity contribution in [3.05, 3.63) is 48.0 Å². The minimum absolute atomic E-state index is 0.0161. The molecule has 3 nitrogen and oxygen atoms in total. The molecule has 1 atom stereocenters. The van der Waals surface area contributed by atoms with Crippen LogP contribution in [0.2, 0.25) is 0 Å². The first-order valence-corrected chi connectivity index (χ1v) is 6.46. The van der Waals surface area contributed by atoms with Crippen molar-refractivity contribution in [2.45, 2.75) is 19.4 Å². The molecule has 1 amide bonds. The Balaban J connectivity index is 2.24. The van der Waals surface area contributed by atoms with Gasteiger partial charge in [-0.25, -0.2) is 0 Å². The van der Waals surface area contributed by atoms with Crippen molar-refractivity contribution >= 4 is 16.7 Å². The lowest BCUT2D eigenvalue weighted by Crippen LogP contribution is -2.38. The fourth-order valence-electron chi connectivity index (χ4n) is 2.10. The molecule has 0 spiro atoms. The van der Waals surface area contributed by atoms with Crippen LogP contribution in [0, 0.1) is 0 Å². The summed E-state index contributed by atoms with van der Waals surface area (Å²) < 4.78 is 0. The van der Waals surface area contributed by atoms with E-state index in [1.807, 2.05) is 49.4 Å². The number of carbonyl (C=O) groups is 1. The summed E-state index contributed by atoms with van der Waals surface area (Å²) in [5.74, 6) is 0.0258. The summed E-state index contributed by atoms with van der Waals surface area (Å²) in [6.45, 7) is 1.82. The summed E-state index contributed by atoms with van der Waals surface area (Å²) in [6, 6.07) is 13.9. The number of carbonyl (C=O) groups excluding carboxylic acids is 1. The minimum Gasteiger partial charge on any atom is -0.394 e. The molecule has 100 valence electrons. The van der Waals surface area contributed by atoms with E-state index in [9.17, 15) is 4.79 Å². The Bertz CT molecular complexity index is 574. The van der Waals surface area contributed by atoms with E-state index in [0.717, 1.165) is 16.3 Å². The number of benzene rings is 2. The minimum atomic E-state index is -0.150. The van der Waals surface area contributed by atoms with Gasteiger partial charge >= 0.3 is 0 Å². The van der Waals surface area contributed by atoms with Gasteiger partial charge in [0.1, 0.15) is 0 Å². The van der Waals surface area contributed by atoms with Gasteiger partial charge in [0.2, 0.25) is 5.91 Å². The van der Waals surface area contributed by atoms with E-state index in [-0.39, 0.29) is 18.6 Å². The maximum Gasteiger partial charge on any atom is 0.227 e. The van der Waals surface area contributed by atoms with Crippen LogP contribution in [-0.2, 0) is 11.2 Å². The predicted octanol–water partition coefficient (Wildman–Crippen LogP) is 2.22. The smallest absolute Gasteiger partial charge is 0.227 e. The van der Waals surface area contributed by atoms with Gasteiger partial charge in [-0.05, 0) is 23.3 Å². The number of amides is 1. The summed E-state index contributed by atoms with van der Waals surface area (Å²) in [7, 11) is 1.73. The number of hydrogen-bond acceptors (Lipinski definition) is 2. The summed E-state index contributed by atoms with van der Waals surface area (Å²) in [4.78, 5) is 13.8. The molecule has 2 aromatic rings. The molecule has 2 aromatic carbocycles. The molecule has 0 aromatic heterocycles. The highest BCUT2D eigenvalue weighted by atomic mass is 16.3. The number of aliphatic hydroxyl groups is 1. The van der Waals surface area contributed by atoms with Crippen LogP contribution in [0.25, 0.3) is 10.8 Å². The standard InChI is InChI=1S/C16H19NO2/c1-12(11-18)17(2)16(19)10-14-8-5-7-13-6-3-4-9-15(13)14/h3-9,12,18H,10-11H2,1-2H3. The molecule has 0 radical (unpaired) electrons. The van der Waals surface area contributed by atoms with Crippen molar-refractivity contribution in [1.29, 1.82) is 0 Å². The van der Waals surface area contributed by atoms with E-state index < -0.39 is 0 Å². The Labute approximate surface area is 113 Å². The highest BCUT2D eigenvalue weighted by Crippen LogP contribution is 2.19. The molecule has 0 bridgehead atoms. The fourth-order valence-corrected chi connectivity index (χ4v) is 2.10. The van der Waals surface area contributed by atoms with Crippen LogP contribution >= 0.6 is 0 Å². The van der Waals surface area contributed by atoms with E-state index in [2.05, 4.69) is 0 Å².